The van der Waals surface area contributed by atoms with Crippen LogP contribution in [0.4, 0.5) is 0 Å². The van der Waals surface area contributed by atoms with Gasteiger partial charge >= 0.3 is 0 Å². The summed E-state index contributed by atoms with van der Waals surface area (Å²) in [5, 5.41) is 3.06. The second kappa shape index (κ2) is 8.10. The van der Waals surface area contributed by atoms with E-state index in [0.29, 0.717) is 6.61 Å². The number of benzene rings is 2. The Hall–Kier alpha value is -2.43. The molecule has 0 aliphatic rings. The second-order valence-corrected chi connectivity index (χ2v) is 6.17. The summed E-state index contributed by atoms with van der Waals surface area (Å²) in [6, 6.07) is 15.8. The number of nitrogens with one attached hydrogen (secondary N) is 1. The minimum absolute atomic E-state index is 0.127. The van der Waals surface area contributed by atoms with Gasteiger partial charge in [-0.1, -0.05) is 55.5 Å². The van der Waals surface area contributed by atoms with E-state index in [-0.39, 0.29) is 11.8 Å². The van der Waals surface area contributed by atoms with E-state index in [4.69, 9.17) is 4.74 Å². The summed E-state index contributed by atoms with van der Waals surface area (Å²) >= 11 is 0. The zero-order valence-electron chi connectivity index (χ0n) is 14.8. The standard InChI is InChI=1S/C21H24N2O2/c1-3-15-10-7-11-17-18(14-23-19(15)17)21(24)20(22-12-13-25-2)16-8-5-4-6-9-16/h4-11,14,20,22-23H,3,12-13H2,1-2H3/p+1/t20-/m0/s1. The lowest BCUT2D eigenvalue weighted by molar-refractivity contribution is -0.682. The number of carbonyl (C=O) groups is 1. The Bertz CT molecular complexity index is 839. The maximum atomic E-state index is 13.3. The first-order chi connectivity index (χ1) is 12.3. The van der Waals surface area contributed by atoms with Crippen LogP contribution in [0.2, 0.25) is 0 Å². The van der Waals surface area contributed by atoms with E-state index >= 15 is 0 Å². The number of hydrogen-bond acceptors (Lipinski definition) is 2. The highest BCUT2D eigenvalue weighted by atomic mass is 16.5. The molecule has 0 spiro atoms. The molecule has 130 valence electrons. The van der Waals surface area contributed by atoms with Crippen LogP contribution in [-0.4, -0.2) is 31.0 Å². The van der Waals surface area contributed by atoms with E-state index in [0.717, 1.165) is 35.0 Å². The Morgan fingerprint density at radius 3 is 2.68 bits per heavy atom. The molecule has 2 aromatic carbocycles. The topological polar surface area (TPSA) is 58.7 Å². The van der Waals surface area contributed by atoms with Crippen molar-refractivity contribution >= 4 is 16.7 Å². The summed E-state index contributed by atoms with van der Waals surface area (Å²) in [5.41, 5.74) is 4.07. The van der Waals surface area contributed by atoms with Crippen LogP contribution in [-0.2, 0) is 11.2 Å². The number of quaternary nitrogens is 1. The molecule has 3 N–H and O–H groups in total. The number of aromatic nitrogens is 1. The minimum Gasteiger partial charge on any atom is -0.379 e. The average molecular weight is 337 g/mol. The molecular weight excluding hydrogens is 312 g/mol. The van der Waals surface area contributed by atoms with Crippen molar-refractivity contribution in [1.29, 1.82) is 0 Å². The molecule has 3 rings (SSSR count). The van der Waals surface area contributed by atoms with Crippen LogP contribution in [0.1, 0.15) is 34.5 Å². The maximum absolute atomic E-state index is 13.3. The molecule has 1 aromatic heterocycles. The quantitative estimate of drug-likeness (QED) is 0.490. The number of rotatable bonds is 8. The highest BCUT2D eigenvalue weighted by Crippen LogP contribution is 2.25. The molecule has 0 fully saturated rings. The third-order valence-corrected chi connectivity index (χ3v) is 4.61. The predicted octanol–water partition coefficient (Wildman–Crippen LogP) is 2.86. The molecule has 1 heterocycles. The van der Waals surface area contributed by atoms with Crippen LogP contribution in [0, 0.1) is 0 Å². The Kier molecular flexibility index (Phi) is 5.64. The lowest BCUT2D eigenvalue weighted by Gasteiger charge is -2.14. The summed E-state index contributed by atoms with van der Waals surface area (Å²) in [4.78, 5) is 16.6. The van der Waals surface area contributed by atoms with Gasteiger partial charge in [0.1, 0.15) is 6.54 Å². The van der Waals surface area contributed by atoms with Gasteiger partial charge in [0.15, 0.2) is 6.04 Å². The van der Waals surface area contributed by atoms with Crippen molar-refractivity contribution in [2.24, 2.45) is 0 Å². The number of aryl methyl sites for hydroxylation is 1. The van der Waals surface area contributed by atoms with Crippen molar-refractivity contribution in [3.05, 3.63) is 71.4 Å². The molecule has 0 bridgehead atoms. The van der Waals surface area contributed by atoms with E-state index in [1.165, 1.54) is 5.56 Å². The summed E-state index contributed by atoms with van der Waals surface area (Å²) in [6.45, 7) is 3.48. The number of Topliss-reactive ketones (excluding diaryl/α,β-unsaturated/α-hetero) is 1. The van der Waals surface area contributed by atoms with E-state index in [1.54, 1.807) is 7.11 Å². The molecule has 4 nitrogen and oxygen atoms in total. The summed E-state index contributed by atoms with van der Waals surface area (Å²) in [5.74, 6) is 0.127. The van der Waals surface area contributed by atoms with Crippen LogP contribution in [0.15, 0.2) is 54.7 Å². The van der Waals surface area contributed by atoms with Crippen molar-refractivity contribution in [3.63, 3.8) is 0 Å². The number of fused-ring (bicyclic) bond motifs is 1. The smallest absolute Gasteiger partial charge is 0.226 e. The number of hydrogen-bond donors (Lipinski definition) is 2. The van der Waals surface area contributed by atoms with Gasteiger partial charge in [-0.3, -0.25) is 4.79 Å². The van der Waals surface area contributed by atoms with E-state index in [1.807, 2.05) is 48.7 Å². The van der Waals surface area contributed by atoms with Crippen LogP contribution >= 0.6 is 0 Å². The first kappa shape index (κ1) is 17.4. The highest BCUT2D eigenvalue weighted by Gasteiger charge is 2.27. The minimum atomic E-state index is -0.263. The number of H-pyrrole nitrogens is 1. The fourth-order valence-electron chi connectivity index (χ4n) is 3.29. The number of aromatic amines is 1. The van der Waals surface area contributed by atoms with Crippen molar-refractivity contribution in [1.82, 2.24) is 4.98 Å². The van der Waals surface area contributed by atoms with Gasteiger partial charge in [0.2, 0.25) is 5.78 Å². The number of methoxy groups -OCH3 is 1. The Labute approximate surface area is 148 Å². The van der Waals surface area contributed by atoms with E-state index < -0.39 is 0 Å². The molecule has 0 unspecified atom stereocenters. The number of carbonyl (C=O) groups excluding carboxylic acids is 1. The lowest BCUT2D eigenvalue weighted by atomic mass is 9.96. The van der Waals surface area contributed by atoms with Crippen LogP contribution in [0.25, 0.3) is 10.9 Å². The summed E-state index contributed by atoms with van der Waals surface area (Å²) in [6.07, 6.45) is 2.79. The average Bonchev–Trinajstić information content (AvgIpc) is 3.09. The van der Waals surface area contributed by atoms with E-state index in [2.05, 4.69) is 23.3 Å². The number of ketones is 1. The van der Waals surface area contributed by atoms with Gasteiger partial charge in [-0.2, -0.15) is 0 Å². The Morgan fingerprint density at radius 1 is 1.16 bits per heavy atom. The molecule has 0 saturated carbocycles. The summed E-state index contributed by atoms with van der Waals surface area (Å²) in [7, 11) is 1.68. The monoisotopic (exact) mass is 337 g/mol. The zero-order chi connectivity index (χ0) is 17.6. The fraction of sp³-hybridized carbons (Fsp3) is 0.286. The molecule has 0 aliphatic heterocycles. The van der Waals surface area contributed by atoms with Gasteiger partial charge in [0.05, 0.1) is 6.61 Å². The van der Waals surface area contributed by atoms with Gasteiger partial charge in [0, 0.05) is 35.3 Å². The maximum Gasteiger partial charge on any atom is 0.226 e. The third-order valence-electron chi connectivity index (χ3n) is 4.61. The van der Waals surface area contributed by atoms with Gasteiger partial charge in [-0.05, 0) is 12.0 Å². The number of ether oxygens (including phenoxy) is 1. The normalized spacial score (nSPS) is 12.4. The molecule has 0 amide bonds. The van der Waals surface area contributed by atoms with Crippen LogP contribution in [0.3, 0.4) is 0 Å². The zero-order valence-corrected chi connectivity index (χ0v) is 14.8. The molecule has 0 saturated heterocycles. The first-order valence-corrected chi connectivity index (χ1v) is 8.76. The predicted molar refractivity (Wildman–Crippen MR) is 99.9 cm³/mol. The second-order valence-electron chi connectivity index (χ2n) is 6.17. The number of para-hydroxylation sites is 1. The molecule has 4 heteroatoms. The Morgan fingerprint density at radius 2 is 1.96 bits per heavy atom. The van der Waals surface area contributed by atoms with Crippen molar-refractivity contribution < 1.29 is 14.8 Å². The van der Waals surface area contributed by atoms with Crippen molar-refractivity contribution in [2.75, 3.05) is 20.3 Å². The highest BCUT2D eigenvalue weighted by molar-refractivity contribution is 6.10. The Balaban J connectivity index is 1.97. The van der Waals surface area contributed by atoms with E-state index in [9.17, 15) is 4.79 Å². The van der Waals surface area contributed by atoms with Gasteiger partial charge in [-0.15, -0.1) is 0 Å². The SMILES string of the molecule is CCc1cccc2c(C(=O)[C@@H]([NH2+]CCOC)c3ccccc3)c[nH]c12. The molecule has 0 aliphatic carbocycles. The number of nitrogens with two attached hydrogens (primary N) is 1. The van der Waals surface area contributed by atoms with Gasteiger partial charge in [-0.25, -0.2) is 0 Å². The lowest BCUT2D eigenvalue weighted by Crippen LogP contribution is -2.87. The molecule has 3 aromatic rings. The largest absolute Gasteiger partial charge is 0.379 e. The summed E-state index contributed by atoms with van der Waals surface area (Å²) < 4.78 is 5.15. The first-order valence-electron chi connectivity index (χ1n) is 8.76. The van der Waals surface area contributed by atoms with Gasteiger partial charge < -0.3 is 15.0 Å². The molecule has 0 radical (unpaired) electrons. The fourth-order valence-corrected chi connectivity index (χ4v) is 3.29. The van der Waals surface area contributed by atoms with Crippen LogP contribution < -0.4 is 5.32 Å². The molecule has 25 heavy (non-hydrogen) atoms. The molecule has 1 atom stereocenters. The molecular formula is C21H25N2O2+. The van der Waals surface area contributed by atoms with Crippen molar-refractivity contribution in [2.45, 2.75) is 19.4 Å². The third kappa shape index (κ3) is 3.65. The van der Waals surface area contributed by atoms with Crippen LogP contribution in [0.5, 0.6) is 0 Å². The van der Waals surface area contributed by atoms with Gasteiger partial charge in [0.25, 0.3) is 0 Å². The van der Waals surface area contributed by atoms with Crippen molar-refractivity contribution in [3.8, 4) is 0 Å².